The highest BCUT2D eigenvalue weighted by Gasteiger charge is 2.37. The molecule has 0 aromatic carbocycles. The van der Waals surface area contributed by atoms with Gasteiger partial charge >= 0.3 is 12.1 Å². The third kappa shape index (κ3) is 3.63. The molecule has 132 valence electrons. The largest absolute Gasteiger partial charge is 0.479 e. The zero-order valence-electron chi connectivity index (χ0n) is 13.0. The molecule has 3 heterocycles. The van der Waals surface area contributed by atoms with Crippen molar-refractivity contribution >= 4 is 11.7 Å². The van der Waals surface area contributed by atoms with E-state index in [0.717, 1.165) is 25.3 Å². The van der Waals surface area contributed by atoms with E-state index in [0.29, 0.717) is 25.2 Å². The number of carbonyl (C=O) groups is 1. The quantitative estimate of drug-likeness (QED) is 0.913. The number of carboxylic acid groups (broad SMARTS) is 1. The van der Waals surface area contributed by atoms with E-state index in [1.807, 2.05) is 4.90 Å². The summed E-state index contributed by atoms with van der Waals surface area (Å²) in [6, 6.07) is 2.66. The predicted molar refractivity (Wildman–Crippen MR) is 79.7 cm³/mol. The van der Waals surface area contributed by atoms with Gasteiger partial charge in [0.2, 0.25) is 0 Å². The van der Waals surface area contributed by atoms with E-state index in [2.05, 4.69) is 4.98 Å². The fraction of sp³-hybridized carbons (Fsp3) is 0.625. The summed E-state index contributed by atoms with van der Waals surface area (Å²) in [5, 5.41) is 8.98. The molecule has 1 N–H and O–H groups in total. The Balaban J connectivity index is 1.59. The maximum atomic E-state index is 12.8. The Morgan fingerprint density at radius 3 is 2.54 bits per heavy atom. The van der Waals surface area contributed by atoms with Crippen LogP contribution in [-0.2, 0) is 15.7 Å². The van der Waals surface area contributed by atoms with Crippen molar-refractivity contribution in [2.45, 2.75) is 44.1 Å². The topological polar surface area (TPSA) is 62.7 Å². The van der Waals surface area contributed by atoms with Crippen LogP contribution in [0.3, 0.4) is 0 Å². The highest BCUT2D eigenvalue weighted by Crippen LogP contribution is 2.34. The van der Waals surface area contributed by atoms with Crippen molar-refractivity contribution in [3.8, 4) is 0 Å². The minimum atomic E-state index is -4.45. The molecule has 1 aromatic heterocycles. The summed E-state index contributed by atoms with van der Waals surface area (Å²) >= 11 is 0. The zero-order valence-corrected chi connectivity index (χ0v) is 13.0. The van der Waals surface area contributed by atoms with E-state index in [-0.39, 0.29) is 12.0 Å². The van der Waals surface area contributed by atoms with Crippen molar-refractivity contribution in [2.75, 3.05) is 18.0 Å². The average molecular weight is 344 g/mol. The standard InChI is InChI=1S/C16H19F3N2O3/c17-16(18,19)14-9-11(3-6-20-14)21-7-4-10(5-8-21)12-1-2-13(24-12)15(22)23/h3,6,9-10,12-13H,1-2,4-5,7-8H2,(H,22,23)/t12-,13+/m0/s1. The van der Waals surface area contributed by atoms with E-state index < -0.39 is 23.9 Å². The normalized spacial score (nSPS) is 25.9. The summed E-state index contributed by atoms with van der Waals surface area (Å²) in [5.41, 5.74) is -0.364. The SMILES string of the molecule is O=C(O)[C@H]1CC[C@@H](C2CCN(c3ccnc(C(F)(F)F)c3)CC2)O1. The average Bonchev–Trinajstić information content (AvgIpc) is 3.05. The Hall–Kier alpha value is -1.83. The second kappa shape index (κ2) is 6.58. The van der Waals surface area contributed by atoms with Crippen LogP contribution in [0.15, 0.2) is 18.3 Å². The molecule has 24 heavy (non-hydrogen) atoms. The number of rotatable bonds is 3. The first-order chi connectivity index (χ1) is 11.3. The van der Waals surface area contributed by atoms with Gasteiger partial charge in [-0.05, 0) is 43.7 Å². The van der Waals surface area contributed by atoms with Crippen LogP contribution in [0.25, 0.3) is 0 Å². The fourth-order valence-electron chi connectivity index (χ4n) is 3.49. The predicted octanol–water partition coefficient (Wildman–Crippen LogP) is 2.95. The summed E-state index contributed by atoms with van der Waals surface area (Å²) < 4.78 is 43.9. The molecule has 1 aromatic rings. The van der Waals surface area contributed by atoms with Gasteiger partial charge in [-0.15, -0.1) is 0 Å². The van der Waals surface area contributed by atoms with Crippen molar-refractivity contribution in [3.63, 3.8) is 0 Å². The van der Waals surface area contributed by atoms with Crippen molar-refractivity contribution in [1.82, 2.24) is 4.98 Å². The number of nitrogens with zero attached hydrogens (tertiary/aromatic N) is 2. The van der Waals surface area contributed by atoms with Crippen LogP contribution in [-0.4, -0.2) is 41.4 Å². The van der Waals surface area contributed by atoms with Crippen LogP contribution in [0.4, 0.5) is 18.9 Å². The van der Waals surface area contributed by atoms with Crippen LogP contribution in [0.5, 0.6) is 0 Å². The van der Waals surface area contributed by atoms with Gasteiger partial charge < -0.3 is 14.7 Å². The lowest BCUT2D eigenvalue weighted by Crippen LogP contribution is -2.38. The molecule has 3 rings (SSSR count). The number of hydrogen-bond donors (Lipinski definition) is 1. The molecule has 5 nitrogen and oxygen atoms in total. The lowest BCUT2D eigenvalue weighted by molar-refractivity contribution is -0.150. The van der Waals surface area contributed by atoms with Gasteiger partial charge in [0.25, 0.3) is 0 Å². The van der Waals surface area contributed by atoms with Gasteiger partial charge in [-0.25, -0.2) is 4.79 Å². The Kier molecular flexibility index (Phi) is 4.67. The first-order valence-corrected chi connectivity index (χ1v) is 8.01. The number of ether oxygens (including phenoxy) is 1. The van der Waals surface area contributed by atoms with Gasteiger partial charge in [0.05, 0.1) is 6.10 Å². The van der Waals surface area contributed by atoms with Crippen LogP contribution in [0, 0.1) is 5.92 Å². The molecule has 8 heteroatoms. The molecular weight excluding hydrogens is 325 g/mol. The summed E-state index contributed by atoms with van der Waals surface area (Å²) in [5.74, 6) is -0.666. The summed E-state index contributed by atoms with van der Waals surface area (Å²) in [6.07, 6.45) is -1.23. The van der Waals surface area contributed by atoms with Gasteiger partial charge in [-0.3, -0.25) is 4.98 Å². The molecule has 0 unspecified atom stereocenters. The Morgan fingerprint density at radius 1 is 1.25 bits per heavy atom. The summed E-state index contributed by atoms with van der Waals surface area (Å²) in [4.78, 5) is 16.2. The molecule has 0 bridgehead atoms. The first kappa shape index (κ1) is 17.0. The van der Waals surface area contributed by atoms with E-state index in [1.54, 1.807) is 6.07 Å². The third-order valence-corrected chi connectivity index (χ3v) is 4.79. The van der Waals surface area contributed by atoms with Crippen LogP contribution in [0.1, 0.15) is 31.4 Å². The first-order valence-electron chi connectivity index (χ1n) is 8.01. The number of aromatic nitrogens is 1. The molecule has 0 radical (unpaired) electrons. The Labute approximate surface area is 137 Å². The fourth-order valence-corrected chi connectivity index (χ4v) is 3.49. The number of pyridine rings is 1. The van der Waals surface area contributed by atoms with Gasteiger partial charge in [-0.2, -0.15) is 13.2 Å². The van der Waals surface area contributed by atoms with Gasteiger partial charge in [0.15, 0.2) is 6.10 Å². The smallest absolute Gasteiger partial charge is 0.433 e. The highest BCUT2D eigenvalue weighted by molar-refractivity contribution is 5.72. The monoisotopic (exact) mass is 344 g/mol. The van der Waals surface area contributed by atoms with Crippen LogP contribution < -0.4 is 4.90 Å². The van der Waals surface area contributed by atoms with Crippen molar-refractivity contribution < 1.29 is 27.8 Å². The van der Waals surface area contributed by atoms with E-state index >= 15 is 0 Å². The van der Waals surface area contributed by atoms with E-state index in [1.165, 1.54) is 6.20 Å². The van der Waals surface area contributed by atoms with Crippen molar-refractivity contribution in [1.29, 1.82) is 0 Å². The lowest BCUT2D eigenvalue weighted by Gasteiger charge is -2.36. The second-order valence-corrected chi connectivity index (χ2v) is 6.30. The molecule has 2 atom stereocenters. The molecule has 2 aliphatic rings. The van der Waals surface area contributed by atoms with E-state index in [9.17, 15) is 18.0 Å². The molecule has 0 amide bonds. The number of alkyl halides is 3. The molecule has 2 saturated heterocycles. The number of aliphatic carboxylic acids is 1. The van der Waals surface area contributed by atoms with Crippen molar-refractivity contribution in [3.05, 3.63) is 24.0 Å². The molecule has 2 aliphatic heterocycles. The number of halogens is 3. The van der Waals surface area contributed by atoms with Crippen LogP contribution >= 0.6 is 0 Å². The Morgan fingerprint density at radius 2 is 1.96 bits per heavy atom. The Bertz CT molecular complexity index is 600. The maximum absolute atomic E-state index is 12.8. The van der Waals surface area contributed by atoms with Gasteiger partial charge in [-0.1, -0.05) is 0 Å². The van der Waals surface area contributed by atoms with Gasteiger partial charge in [0, 0.05) is 25.0 Å². The minimum Gasteiger partial charge on any atom is -0.479 e. The second-order valence-electron chi connectivity index (χ2n) is 6.30. The van der Waals surface area contributed by atoms with E-state index in [4.69, 9.17) is 9.84 Å². The number of carboxylic acids is 1. The molecule has 0 saturated carbocycles. The lowest BCUT2D eigenvalue weighted by atomic mass is 9.89. The molecular formula is C16H19F3N2O3. The number of piperidine rings is 1. The zero-order chi connectivity index (χ0) is 17.3. The highest BCUT2D eigenvalue weighted by atomic mass is 19.4. The molecule has 0 aliphatic carbocycles. The van der Waals surface area contributed by atoms with Crippen LogP contribution in [0.2, 0.25) is 0 Å². The van der Waals surface area contributed by atoms with Crippen molar-refractivity contribution in [2.24, 2.45) is 5.92 Å². The number of anilines is 1. The summed E-state index contributed by atoms with van der Waals surface area (Å²) in [7, 11) is 0. The molecule has 2 fully saturated rings. The number of hydrogen-bond acceptors (Lipinski definition) is 4. The molecule has 0 spiro atoms. The van der Waals surface area contributed by atoms with Gasteiger partial charge in [0.1, 0.15) is 5.69 Å². The minimum absolute atomic E-state index is 0.0589. The third-order valence-electron chi connectivity index (χ3n) is 4.79. The maximum Gasteiger partial charge on any atom is 0.433 e. The summed E-state index contributed by atoms with van der Waals surface area (Å²) in [6.45, 7) is 1.26.